The maximum Gasteiger partial charge on any atom is 0.236 e. The molecule has 23 heavy (non-hydrogen) atoms. The van der Waals surface area contributed by atoms with Gasteiger partial charge in [0, 0.05) is 25.6 Å². The Morgan fingerprint density at radius 2 is 1.87 bits per heavy atom. The van der Waals surface area contributed by atoms with Gasteiger partial charge >= 0.3 is 0 Å². The lowest BCUT2D eigenvalue weighted by Crippen LogP contribution is -2.41. The van der Waals surface area contributed by atoms with Crippen molar-refractivity contribution < 1.29 is 4.79 Å². The molecule has 0 radical (unpaired) electrons. The highest BCUT2D eigenvalue weighted by Crippen LogP contribution is 2.27. The molecule has 0 saturated carbocycles. The van der Waals surface area contributed by atoms with Crippen LogP contribution in [0.3, 0.4) is 0 Å². The number of piperidine rings is 1. The highest BCUT2D eigenvalue weighted by atomic mass is 16.2. The van der Waals surface area contributed by atoms with Gasteiger partial charge in [0.1, 0.15) is 11.6 Å². The zero-order chi connectivity index (χ0) is 16.2. The third-order valence-electron chi connectivity index (χ3n) is 5.12. The molecule has 128 valence electrons. The van der Waals surface area contributed by atoms with Gasteiger partial charge in [0.15, 0.2) is 0 Å². The summed E-state index contributed by atoms with van der Waals surface area (Å²) in [5, 5.41) is 8.97. The van der Waals surface area contributed by atoms with Crippen LogP contribution in [0.25, 0.3) is 0 Å². The van der Waals surface area contributed by atoms with Crippen LogP contribution >= 0.6 is 0 Å². The molecule has 2 aliphatic heterocycles. The number of hydrogen-bond donors (Lipinski definition) is 1. The number of rotatable bonds is 5. The minimum Gasteiger partial charge on any atom is -0.342 e. The molecule has 0 spiro atoms. The molecule has 0 atom stereocenters. The molecule has 1 aromatic rings. The van der Waals surface area contributed by atoms with Gasteiger partial charge in [-0.3, -0.25) is 9.69 Å². The van der Waals surface area contributed by atoms with Crippen molar-refractivity contribution in [3.63, 3.8) is 0 Å². The van der Waals surface area contributed by atoms with Crippen LogP contribution in [0.1, 0.15) is 50.2 Å². The minimum absolute atomic E-state index is 0.0510. The number of hydrogen-bond acceptors (Lipinski definition) is 5. The van der Waals surface area contributed by atoms with Gasteiger partial charge in [-0.05, 0) is 45.7 Å². The van der Waals surface area contributed by atoms with E-state index in [1.807, 2.05) is 4.90 Å². The van der Waals surface area contributed by atoms with E-state index in [9.17, 15) is 4.79 Å². The monoisotopic (exact) mass is 320 g/mol. The smallest absolute Gasteiger partial charge is 0.236 e. The van der Waals surface area contributed by atoms with E-state index in [1.165, 1.54) is 25.9 Å². The first-order valence-corrected chi connectivity index (χ1v) is 8.85. The Kier molecular flexibility index (Phi) is 5.27. The fourth-order valence-corrected chi connectivity index (χ4v) is 3.77. The van der Waals surface area contributed by atoms with Gasteiger partial charge in [0.2, 0.25) is 5.91 Å². The summed E-state index contributed by atoms with van der Waals surface area (Å²) < 4.78 is 2.28. The Labute approximate surface area is 137 Å². The predicted octanol–water partition coefficient (Wildman–Crippen LogP) is 0.559. The number of amides is 1. The van der Waals surface area contributed by atoms with Crippen molar-refractivity contribution in [2.45, 2.75) is 51.6 Å². The molecular weight excluding hydrogens is 292 g/mol. The number of nitrogens with zero attached hydrogens (tertiary/aromatic N) is 5. The van der Waals surface area contributed by atoms with Gasteiger partial charge < -0.3 is 15.2 Å². The molecule has 0 bridgehead atoms. The minimum atomic E-state index is 0.0510. The van der Waals surface area contributed by atoms with Crippen molar-refractivity contribution in [2.24, 2.45) is 5.73 Å². The average Bonchev–Trinajstić information content (AvgIpc) is 3.24. The SMILES string of the molecule is CCn1c(CN2CCCC2)nnc1C1CCN(C(=O)CN)CC1. The molecule has 2 aliphatic rings. The van der Waals surface area contributed by atoms with Crippen LogP contribution < -0.4 is 5.73 Å². The second-order valence-electron chi connectivity index (χ2n) is 6.56. The summed E-state index contributed by atoms with van der Waals surface area (Å²) in [6.45, 7) is 7.98. The van der Waals surface area contributed by atoms with Crippen LogP contribution in [0.2, 0.25) is 0 Å². The van der Waals surface area contributed by atoms with Crippen LogP contribution in [0, 0.1) is 0 Å². The molecule has 1 amide bonds. The summed E-state index contributed by atoms with van der Waals surface area (Å²) in [6.07, 6.45) is 4.49. The number of likely N-dealkylation sites (tertiary alicyclic amines) is 2. The molecule has 7 heteroatoms. The third kappa shape index (κ3) is 3.55. The first-order chi connectivity index (χ1) is 11.2. The van der Waals surface area contributed by atoms with Crippen molar-refractivity contribution in [1.29, 1.82) is 0 Å². The normalized spacial score (nSPS) is 20.3. The summed E-state index contributed by atoms with van der Waals surface area (Å²) in [4.78, 5) is 16.0. The Hall–Kier alpha value is -1.47. The summed E-state index contributed by atoms with van der Waals surface area (Å²) in [5.74, 6) is 2.64. The van der Waals surface area contributed by atoms with E-state index in [0.29, 0.717) is 5.92 Å². The number of aromatic nitrogens is 3. The summed E-state index contributed by atoms with van der Waals surface area (Å²) in [7, 11) is 0. The molecule has 2 N–H and O–H groups in total. The summed E-state index contributed by atoms with van der Waals surface area (Å²) in [5.41, 5.74) is 5.45. The molecule has 1 aromatic heterocycles. The van der Waals surface area contributed by atoms with Crippen molar-refractivity contribution >= 4 is 5.91 Å². The van der Waals surface area contributed by atoms with Crippen molar-refractivity contribution in [3.05, 3.63) is 11.6 Å². The van der Waals surface area contributed by atoms with Crippen LogP contribution in [0.5, 0.6) is 0 Å². The second kappa shape index (κ2) is 7.40. The molecule has 0 aromatic carbocycles. The first-order valence-electron chi connectivity index (χ1n) is 8.85. The van der Waals surface area contributed by atoms with E-state index >= 15 is 0 Å². The fraction of sp³-hybridized carbons (Fsp3) is 0.812. The third-order valence-corrected chi connectivity index (χ3v) is 5.12. The van der Waals surface area contributed by atoms with Gasteiger partial charge in [0.05, 0.1) is 13.1 Å². The average molecular weight is 320 g/mol. The van der Waals surface area contributed by atoms with Crippen molar-refractivity contribution in [1.82, 2.24) is 24.6 Å². The molecular formula is C16H28N6O. The highest BCUT2D eigenvalue weighted by Gasteiger charge is 2.27. The van der Waals surface area contributed by atoms with E-state index < -0.39 is 0 Å². The second-order valence-corrected chi connectivity index (χ2v) is 6.56. The lowest BCUT2D eigenvalue weighted by molar-refractivity contribution is -0.130. The standard InChI is InChI=1S/C16H28N6O/c1-2-22-14(12-20-7-3-4-8-20)18-19-16(22)13-5-9-21(10-6-13)15(23)11-17/h13H,2-12,17H2,1H3. The van der Waals surface area contributed by atoms with Crippen molar-refractivity contribution in [2.75, 3.05) is 32.7 Å². The van der Waals surface area contributed by atoms with E-state index in [1.54, 1.807) is 0 Å². The Bertz CT molecular complexity index is 529. The summed E-state index contributed by atoms with van der Waals surface area (Å²) in [6, 6.07) is 0. The Morgan fingerprint density at radius 3 is 2.48 bits per heavy atom. The number of carbonyl (C=O) groups excluding carboxylic acids is 1. The zero-order valence-corrected chi connectivity index (χ0v) is 14.1. The molecule has 3 heterocycles. The van der Waals surface area contributed by atoms with E-state index in [0.717, 1.165) is 50.7 Å². The van der Waals surface area contributed by atoms with Gasteiger partial charge in [-0.2, -0.15) is 0 Å². The van der Waals surface area contributed by atoms with E-state index in [4.69, 9.17) is 5.73 Å². The van der Waals surface area contributed by atoms with E-state index in [2.05, 4.69) is 26.6 Å². The van der Waals surface area contributed by atoms with Gasteiger partial charge in [0.25, 0.3) is 0 Å². The Balaban J connectivity index is 1.66. The number of nitrogens with two attached hydrogens (primary N) is 1. The lowest BCUT2D eigenvalue weighted by Gasteiger charge is -2.31. The molecule has 0 aliphatic carbocycles. The van der Waals surface area contributed by atoms with Gasteiger partial charge in [-0.25, -0.2) is 0 Å². The first kappa shape index (κ1) is 16.4. The van der Waals surface area contributed by atoms with Crippen LogP contribution in [0.4, 0.5) is 0 Å². The molecule has 2 fully saturated rings. The number of carbonyl (C=O) groups is 1. The van der Waals surface area contributed by atoms with Crippen LogP contribution in [-0.4, -0.2) is 63.2 Å². The summed E-state index contributed by atoms with van der Waals surface area (Å²) >= 11 is 0. The van der Waals surface area contributed by atoms with Gasteiger partial charge in [-0.15, -0.1) is 10.2 Å². The highest BCUT2D eigenvalue weighted by molar-refractivity contribution is 5.78. The zero-order valence-electron chi connectivity index (χ0n) is 14.1. The van der Waals surface area contributed by atoms with E-state index in [-0.39, 0.29) is 12.5 Å². The molecule has 2 saturated heterocycles. The van der Waals surface area contributed by atoms with Gasteiger partial charge in [-0.1, -0.05) is 0 Å². The largest absolute Gasteiger partial charge is 0.342 e. The Morgan fingerprint density at radius 1 is 1.17 bits per heavy atom. The maximum absolute atomic E-state index is 11.7. The molecule has 7 nitrogen and oxygen atoms in total. The quantitative estimate of drug-likeness (QED) is 0.857. The van der Waals surface area contributed by atoms with Crippen LogP contribution in [-0.2, 0) is 17.9 Å². The molecule has 0 unspecified atom stereocenters. The van der Waals surface area contributed by atoms with Crippen molar-refractivity contribution in [3.8, 4) is 0 Å². The van der Waals surface area contributed by atoms with Crippen LogP contribution in [0.15, 0.2) is 0 Å². The molecule has 3 rings (SSSR count). The predicted molar refractivity (Wildman–Crippen MR) is 87.8 cm³/mol. The topological polar surface area (TPSA) is 80.3 Å². The maximum atomic E-state index is 11.7. The fourth-order valence-electron chi connectivity index (χ4n) is 3.77. The lowest BCUT2D eigenvalue weighted by atomic mass is 9.95.